The molecule has 3 rings (SSSR count). The van der Waals surface area contributed by atoms with Crippen LogP contribution in [0.3, 0.4) is 0 Å². The van der Waals surface area contributed by atoms with E-state index in [1.54, 1.807) is 0 Å². The maximum atomic E-state index is 5.66. The zero-order chi connectivity index (χ0) is 14.8. The molecule has 0 aromatic carbocycles. The summed E-state index contributed by atoms with van der Waals surface area (Å²) in [6.07, 6.45) is 5.43. The second-order valence-corrected chi connectivity index (χ2v) is 6.38. The van der Waals surface area contributed by atoms with Gasteiger partial charge in [0, 0.05) is 32.3 Å². The molecule has 2 fully saturated rings. The summed E-state index contributed by atoms with van der Waals surface area (Å²) in [4.78, 5) is 7.06. The SMILES string of the molecule is COC1CCN([C@H]2CCC[C@H]2NCc2nc(C)c(C)o2)C1. The first-order valence-corrected chi connectivity index (χ1v) is 8.10. The zero-order valence-corrected chi connectivity index (χ0v) is 13.4. The monoisotopic (exact) mass is 293 g/mol. The zero-order valence-electron chi connectivity index (χ0n) is 13.4. The first-order valence-electron chi connectivity index (χ1n) is 8.10. The van der Waals surface area contributed by atoms with Gasteiger partial charge in [0.2, 0.25) is 5.89 Å². The highest BCUT2D eigenvalue weighted by Crippen LogP contribution is 2.28. The molecule has 1 unspecified atom stereocenters. The van der Waals surface area contributed by atoms with Crippen molar-refractivity contribution in [3.8, 4) is 0 Å². The van der Waals surface area contributed by atoms with E-state index in [0.717, 1.165) is 36.9 Å². The molecule has 118 valence electrons. The van der Waals surface area contributed by atoms with Crippen LogP contribution in [-0.4, -0.2) is 48.3 Å². The molecule has 2 heterocycles. The fourth-order valence-electron chi connectivity index (χ4n) is 3.70. The Morgan fingerprint density at radius 2 is 2.19 bits per heavy atom. The van der Waals surface area contributed by atoms with Gasteiger partial charge in [-0.3, -0.25) is 4.90 Å². The molecule has 1 aromatic rings. The van der Waals surface area contributed by atoms with E-state index in [4.69, 9.17) is 9.15 Å². The van der Waals surface area contributed by atoms with Crippen molar-refractivity contribution in [1.82, 2.24) is 15.2 Å². The van der Waals surface area contributed by atoms with Crippen LogP contribution in [0.5, 0.6) is 0 Å². The average Bonchev–Trinajstić information content (AvgIpc) is 3.17. The Hall–Kier alpha value is -0.910. The molecule has 1 aromatic heterocycles. The molecule has 0 amide bonds. The van der Waals surface area contributed by atoms with Crippen molar-refractivity contribution in [3.63, 3.8) is 0 Å². The van der Waals surface area contributed by atoms with E-state index in [1.807, 2.05) is 21.0 Å². The lowest BCUT2D eigenvalue weighted by atomic mass is 10.1. The van der Waals surface area contributed by atoms with Crippen LogP contribution in [0, 0.1) is 13.8 Å². The predicted molar refractivity (Wildman–Crippen MR) is 81.2 cm³/mol. The fourth-order valence-corrected chi connectivity index (χ4v) is 3.70. The van der Waals surface area contributed by atoms with E-state index >= 15 is 0 Å². The van der Waals surface area contributed by atoms with Gasteiger partial charge >= 0.3 is 0 Å². The van der Waals surface area contributed by atoms with Crippen molar-refractivity contribution in [2.24, 2.45) is 0 Å². The van der Waals surface area contributed by atoms with Crippen molar-refractivity contribution < 1.29 is 9.15 Å². The van der Waals surface area contributed by atoms with Gasteiger partial charge in [0.05, 0.1) is 18.3 Å². The van der Waals surface area contributed by atoms with Gasteiger partial charge < -0.3 is 14.5 Å². The Labute approximate surface area is 127 Å². The van der Waals surface area contributed by atoms with Gasteiger partial charge in [0.25, 0.3) is 0 Å². The van der Waals surface area contributed by atoms with Gasteiger partial charge in [-0.05, 0) is 33.1 Å². The minimum atomic E-state index is 0.420. The minimum Gasteiger partial charge on any atom is -0.444 e. The van der Waals surface area contributed by atoms with Crippen LogP contribution in [0.4, 0.5) is 0 Å². The number of aryl methyl sites for hydroxylation is 2. The molecule has 5 nitrogen and oxygen atoms in total. The van der Waals surface area contributed by atoms with Crippen molar-refractivity contribution in [2.75, 3.05) is 20.2 Å². The number of likely N-dealkylation sites (tertiary alicyclic amines) is 1. The van der Waals surface area contributed by atoms with Gasteiger partial charge in [0.1, 0.15) is 5.76 Å². The average molecular weight is 293 g/mol. The molecule has 21 heavy (non-hydrogen) atoms. The lowest BCUT2D eigenvalue weighted by Gasteiger charge is -2.29. The summed E-state index contributed by atoms with van der Waals surface area (Å²) < 4.78 is 11.2. The number of ether oxygens (including phenoxy) is 1. The van der Waals surface area contributed by atoms with Gasteiger partial charge in [-0.15, -0.1) is 0 Å². The first kappa shape index (κ1) is 15.0. The maximum absolute atomic E-state index is 5.66. The highest BCUT2D eigenvalue weighted by Gasteiger charge is 2.35. The van der Waals surface area contributed by atoms with Crippen molar-refractivity contribution >= 4 is 0 Å². The molecule has 0 radical (unpaired) electrons. The van der Waals surface area contributed by atoms with Crippen molar-refractivity contribution in [1.29, 1.82) is 0 Å². The largest absolute Gasteiger partial charge is 0.444 e. The molecule has 1 aliphatic heterocycles. The third kappa shape index (κ3) is 3.30. The smallest absolute Gasteiger partial charge is 0.208 e. The number of aromatic nitrogens is 1. The van der Waals surface area contributed by atoms with E-state index in [1.165, 1.54) is 25.8 Å². The van der Waals surface area contributed by atoms with Gasteiger partial charge in [-0.2, -0.15) is 0 Å². The van der Waals surface area contributed by atoms with Crippen LogP contribution in [0.15, 0.2) is 4.42 Å². The summed E-state index contributed by atoms with van der Waals surface area (Å²) in [6, 6.07) is 1.19. The maximum Gasteiger partial charge on any atom is 0.208 e. The lowest BCUT2D eigenvalue weighted by molar-refractivity contribution is 0.0978. The third-order valence-electron chi connectivity index (χ3n) is 5.05. The number of hydrogen-bond acceptors (Lipinski definition) is 5. The van der Waals surface area contributed by atoms with Gasteiger partial charge in [-0.25, -0.2) is 4.98 Å². The van der Waals surface area contributed by atoms with E-state index in [0.29, 0.717) is 18.2 Å². The molecule has 1 saturated heterocycles. The molecule has 2 aliphatic rings. The quantitative estimate of drug-likeness (QED) is 0.900. The number of nitrogens with one attached hydrogen (secondary N) is 1. The molecule has 1 saturated carbocycles. The summed E-state index contributed by atoms with van der Waals surface area (Å²) in [5, 5.41) is 3.66. The van der Waals surface area contributed by atoms with Crippen LogP contribution < -0.4 is 5.32 Å². The van der Waals surface area contributed by atoms with Crippen LogP contribution in [0.2, 0.25) is 0 Å². The highest BCUT2D eigenvalue weighted by atomic mass is 16.5. The minimum absolute atomic E-state index is 0.420. The second-order valence-electron chi connectivity index (χ2n) is 6.38. The molecule has 3 atom stereocenters. The molecular formula is C16H27N3O2. The fraction of sp³-hybridized carbons (Fsp3) is 0.812. The van der Waals surface area contributed by atoms with Crippen molar-refractivity contribution in [2.45, 2.75) is 64.3 Å². The van der Waals surface area contributed by atoms with Gasteiger partial charge in [-0.1, -0.05) is 6.42 Å². The first-order chi connectivity index (χ1) is 10.2. The van der Waals surface area contributed by atoms with E-state index < -0.39 is 0 Å². The molecule has 5 heteroatoms. The number of oxazole rings is 1. The van der Waals surface area contributed by atoms with Crippen LogP contribution in [0.25, 0.3) is 0 Å². The van der Waals surface area contributed by atoms with Crippen LogP contribution >= 0.6 is 0 Å². The summed E-state index contributed by atoms with van der Waals surface area (Å²) in [5.74, 6) is 1.74. The van der Waals surface area contributed by atoms with E-state index in [-0.39, 0.29) is 0 Å². The summed E-state index contributed by atoms with van der Waals surface area (Å²) in [7, 11) is 1.83. The Morgan fingerprint density at radius 3 is 2.86 bits per heavy atom. The Balaban J connectivity index is 1.54. The van der Waals surface area contributed by atoms with E-state index in [2.05, 4.69) is 15.2 Å². The molecule has 0 spiro atoms. The third-order valence-corrected chi connectivity index (χ3v) is 5.05. The van der Waals surface area contributed by atoms with Crippen LogP contribution in [-0.2, 0) is 11.3 Å². The number of methoxy groups -OCH3 is 1. The molecule has 0 bridgehead atoms. The number of hydrogen-bond donors (Lipinski definition) is 1. The topological polar surface area (TPSA) is 50.5 Å². The summed E-state index contributed by atoms with van der Waals surface area (Å²) in [6.45, 7) is 6.95. The summed E-state index contributed by atoms with van der Waals surface area (Å²) >= 11 is 0. The highest BCUT2D eigenvalue weighted by molar-refractivity contribution is 5.05. The number of rotatable bonds is 5. The summed E-state index contributed by atoms with van der Waals surface area (Å²) in [5.41, 5.74) is 0.997. The van der Waals surface area contributed by atoms with Crippen LogP contribution in [0.1, 0.15) is 43.0 Å². The predicted octanol–water partition coefficient (Wildman–Crippen LogP) is 2.02. The standard InChI is InChI=1S/C16H27N3O2/c1-11-12(2)21-16(18-11)9-17-14-5-4-6-15(14)19-8-7-13(10-19)20-3/h13-15,17H,4-10H2,1-3H3/t13?,14-,15+/m1/s1. The Bertz CT molecular complexity index is 455. The molecular weight excluding hydrogens is 266 g/mol. The van der Waals surface area contributed by atoms with E-state index in [9.17, 15) is 0 Å². The van der Waals surface area contributed by atoms with Gasteiger partial charge in [0.15, 0.2) is 0 Å². The number of nitrogens with zero attached hydrogens (tertiary/aromatic N) is 2. The molecule has 1 aliphatic carbocycles. The Kier molecular flexibility index (Phi) is 4.62. The second kappa shape index (κ2) is 6.46. The molecule has 1 N–H and O–H groups in total. The van der Waals surface area contributed by atoms with Crippen molar-refractivity contribution in [3.05, 3.63) is 17.3 Å². The lowest BCUT2D eigenvalue weighted by Crippen LogP contribution is -2.46. The normalized spacial score (nSPS) is 30.3. The Morgan fingerprint density at radius 1 is 1.33 bits per heavy atom.